The lowest BCUT2D eigenvalue weighted by atomic mass is 10.4. The van der Waals surface area contributed by atoms with E-state index in [1.54, 1.807) is 5.16 Å². The maximum Gasteiger partial charge on any atom is 0.277 e. The van der Waals surface area contributed by atoms with E-state index in [-0.39, 0.29) is 5.06 Å². The van der Waals surface area contributed by atoms with E-state index < -0.39 is 33.6 Å². The van der Waals surface area contributed by atoms with Crippen molar-refractivity contribution < 1.29 is 27.8 Å². The number of thiocarbonyl (C=S) groups is 1. The van der Waals surface area contributed by atoms with Crippen LogP contribution < -0.4 is 0 Å². The van der Waals surface area contributed by atoms with Crippen molar-refractivity contribution in [2.75, 3.05) is 0 Å². The van der Waals surface area contributed by atoms with E-state index in [2.05, 4.69) is 12.2 Å². The van der Waals surface area contributed by atoms with Gasteiger partial charge < -0.3 is 0 Å². The van der Waals surface area contributed by atoms with Gasteiger partial charge in [0.15, 0.2) is 5.25 Å². The molecule has 0 aliphatic carbocycles. The van der Waals surface area contributed by atoms with Gasteiger partial charge in [0.25, 0.3) is 21.9 Å². The molecule has 0 aromatic heterocycles. The van der Waals surface area contributed by atoms with Gasteiger partial charge in [0.1, 0.15) is 0 Å². The summed E-state index contributed by atoms with van der Waals surface area (Å²) in [6.07, 6.45) is -0.714. The smallest absolute Gasteiger partial charge is 0.277 e. The molecule has 1 fully saturated rings. The molecule has 2 amide bonds. The summed E-state index contributed by atoms with van der Waals surface area (Å²) in [4.78, 5) is 21.2. The fourth-order valence-electron chi connectivity index (χ4n) is 0.824. The minimum atomic E-state index is -4.59. The van der Waals surface area contributed by atoms with E-state index >= 15 is 0 Å². The lowest BCUT2D eigenvalue weighted by Crippen LogP contribution is -2.32. The third kappa shape index (κ3) is 3.46. The summed E-state index contributed by atoms with van der Waals surface area (Å²) < 4.78 is 29.1. The monoisotopic (exact) mass is 254 g/mol. The van der Waals surface area contributed by atoms with Crippen LogP contribution in [0.5, 0.6) is 0 Å². The van der Waals surface area contributed by atoms with Crippen molar-refractivity contribution in [2.45, 2.75) is 11.7 Å². The SMILES string of the molecule is N=C=S.O=C1CC(S(=O)(=O)O)C(=O)N1O. The minimum absolute atomic E-state index is 0.307. The Kier molecular flexibility index (Phi) is 4.65. The number of amides is 2. The predicted octanol–water partition coefficient (Wildman–Crippen LogP) is -0.941. The summed E-state index contributed by atoms with van der Waals surface area (Å²) in [6.45, 7) is 0. The molecule has 1 rings (SSSR count). The highest BCUT2D eigenvalue weighted by Crippen LogP contribution is 2.16. The molecule has 15 heavy (non-hydrogen) atoms. The Balaban J connectivity index is 0.000000583. The van der Waals surface area contributed by atoms with Gasteiger partial charge in [0, 0.05) is 0 Å². The molecule has 0 radical (unpaired) electrons. The van der Waals surface area contributed by atoms with Crippen molar-refractivity contribution in [1.82, 2.24) is 5.06 Å². The molecule has 0 saturated carbocycles. The van der Waals surface area contributed by atoms with E-state index in [0.717, 1.165) is 0 Å². The average molecular weight is 254 g/mol. The van der Waals surface area contributed by atoms with Gasteiger partial charge in [-0.2, -0.15) is 13.5 Å². The van der Waals surface area contributed by atoms with Gasteiger partial charge in [-0.15, -0.1) is 0 Å². The van der Waals surface area contributed by atoms with Crippen LogP contribution in [0.25, 0.3) is 0 Å². The number of rotatable bonds is 1. The quantitative estimate of drug-likeness (QED) is 0.180. The van der Waals surface area contributed by atoms with Crippen molar-refractivity contribution in [3.8, 4) is 0 Å². The van der Waals surface area contributed by atoms with Crippen LogP contribution in [0.3, 0.4) is 0 Å². The molecule has 1 unspecified atom stereocenters. The van der Waals surface area contributed by atoms with E-state index in [1.807, 2.05) is 0 Å². The molecule has 84 valence electrons. The molecular weight excluding hydrogens is 248 g/mol. The fraction of sp³-hybridized carbons (Fsp3) is 0.400. The number of nitrogens with one attached hydrogen (secondary N) is 1. The number of carbonyl (C=O) groups is 2. The standard InChI is InChI=1S/C4H5NO6S.CHNS/c6-3-1-2(12(9,10)11)4(7)5(3)8;2-1-3/h2,8H,1H2,(H,9,10,11);2H. The van der Waals surface area contributed by atoms with Crippen molar-refractivity contribution in [2.24, 2.45) is 0 Å². The normalized spacial score (nSPS) is 20.7. The number of imide groups is 1. The Labute approximate surface area is 89.7 Å². The van der Waals surface area contributed by atoms with Gasteiger partial charge in [-0.3, -0.25) is 19.3 Å². The molecule has 1 aliphatic heterocycles. The second-order valence-electron chi connectivity index (χ2n) is 2.35. The van der Waals surface area contributed by atoms with E-state index in [1.165, 1.54) is 0 Å². The maximum atomic E-state index is 10.7. The van der Waals surface area contributed by atoms with Crippen molar-refractivity contribution in [3.05, 3.63) is 0 Å². The lowest BCUT2D eigenvalue weighted by Gasteiger charge is -2.02. The van der Waals surface area contributed by atoms with Crippen LogP contribution in [0.4, 0.5) is 0 Å². The molecule has 1 aliphatic rings. The molecule has 0 spiro atoms. The molecular formula is C5H6N2O6S2. The summed E-state index contributed by atoms with van der Waals surface area (Å²) >= 11 is 3.81. The summed E-state index contributed by atoms with van der Waals surface area (Å²) in [5, 5.41) is 13.8. The van der Waals surface area contributed by atoms with Gasteiger partial charge in [0.2, 0.25) is 0 Å². The van der Waals surface area contributed by atoms with E-state index in [0.29, 0.717) is 0 Å². The van der Waals surface area contributed by atoms with Gasteiger partial charge in [-0.25, -0.2) is 5.41 Å². The molecule has 1 atom stereocenters. The molecule has 10 heteroatoms. The second-order valence-corrected chi connectivity index (χ2v) is 4.16. The Morgan fingerprint density at radius 1 is 1.53 bits per heavy atom. The number of isothiocyanates is 1. The first-order chi connectivity index (χ1) is 6.75. The molecule has 0 aromatic rings. The number of nitrogens with zero attached hydrogens (tertiary/aromatic N) is 1. The third-order valence-electron chi connectivity index (χ3n) is 1.44. The van der Waals surface area contributed by atoms with Crippen LogP contribution in [0, 0.1) is 5.41 Å². The van der Waals surface area contributed by atoms with Crippen LogP contribution in [0.1, 0.15) is 6.42 Å². The van der Waals surface area contributed by atoms with Gasteiger partial charge >= 0.3 is 0 Å². The van der Waals surface area contributed by atoms with Crippen LogP contribution in [-0.2, 0) is 19.7 Å². The number of carbonyl (C=O) groups excluding carboxylic acids is 2. The molecule has 0 aromatic carbocycles. The Morgan fingerprint density at radius 3 is 2.07 bits per heavy atom. The predicted molar refractivity (Wildman–Crippen MR) is 48.9 cm³/mol. The summed E-state index contributed by atoms with van der Waals surface area (Å²) in [5.74, 6) is -2.36. The largest absolute Gasteiger partial charge is 0.285 e. The highest BCUT2D eigenvalue weighted by atomic mass is 32.2. The molecule has 1 saturated heterocycles. The molecule has 1 heterocycles. The van der Waals surface area contributed by atoms with Crippen LogP contribution in [0.2, 0.25) is 0 Å². The van der Waals surface area contributed by atoms with E-state index in [9.17, 15) is 18.0 Å². The summed E-state index contributed by atoms with van der Waals surface area (Å²) in [6, 6.07) is 0. The molecule has 8 nitrogen and oxygen atoms in total. The number of hydrogen-bond acceptors (Lipinski definition) is 7. The molecule has 3 N–H and O–H groups in total. The van der Waals surface area contributed by atoms with Crippen LogP contribution in [-0.4, -0.2) is 45.5 Å². The number of hydroxylamine groups is 2. The Hall–Kier alpha value is -1.19. The summed E-state index contributed by atoms with van der Waals surface area (Å²) in [5.41, 5.74) is 0. The second kappa shape index (κ2) is 5.05. The summed E-state index contributed by atoms with van der Waals surface area (Å²) in [7, 11) is -4.59. The van der Waals surface area contributed by atoms with Crippen LogP contribution >= 0.6 is 12.2 Å². The highest BCUT2D eigenvalue weighted by molar-refractivity contribution is 7.87. The zero-order chi connectivity index (χ0) is 12.2. The minimum Gasteiger partial charge on any atom is -0.285 e. The fourth-order valence-corrected chi connectivity index (χ4v) is 1.53. The van der Waals surface area contributed by atoms with Crippen molar-refractivity contribution >= 4 is 39.3 Å². The zero-order valence-corrected chi connectivity index (χ0v) is 8.71. The topological polar surface area (TPSA) is 136 Å². The highest BCUT2D eigenvalue weighted by Gasteiger charge is 2.45. The first kappa shape index (κ1) is 13.8. The first-order valence-electron chi connectivity index (χ1n) is 3.31. The van der Waals surface area contributed by atoms with Gasteiger partial charge in [0.05, 0.1) is 11.6 Å². The van der Waals surface area contributed by atoms with E-state index in [4.69, 9.17) is 15.2 Å². The Bertz CT molecular complexity index is 409. The average Bonchev–Trinajstić information content (AvgIpc) is 2.33. The zero-order valence-electron chi connectivity index (χ0n) is 7.08. The number of hydrogen-bond donors (Lipinski definition) is 3. The maximum absolute atomic E-state index is 10.7. The van der Waals surface area contributed by atoms with Crippen molar-refractivity contribution in [1.29, 1.82) is 5.41 Å². The lowest BCUT2D eigenvalue weighted by molar-refractivity contribution is -0.171. The van der Waals surface area contributed by atoms with Gasteiger partial charge in [-0.05, 0) is 12.2 Å². The van der Waals surface area contributed by atoms with Crippen molar-refractivity contribution in [3.63, 3.8) is 0 Å². The third-order valence-corrected chi connectivity index (χ3v) is 2.53. The van der Waals surface area contributed by atoms with Crippen LogP contribution in [0.15, 0.2) is 0 Å². The first-order valence-corrected chi connectivity index (χ1v) is 5.22. The molecule has 0 bridgehead atoms. The van der Waals surface area contributed by atoms with Gasteiger partial charge in [-0.1, -0.05) is 0 Å². The Morgan fingerprint density at radius 2 is 1.93 bits per heavy atom.